The molecular weight excluding hydrogens is 701 g/mol. The van der Waals surface area contributed by atoms with Gasteiger partial charge in [-0.05, 0) is 73.3 Å². The van der Waals surface area contributed by atoms with Gasteiger partial charge in [0.1, 0.15) is 0 Å². The second kappa shape index (κ2) is 14.2. The molecule has 2 saturated carbocycles. The summed E-state index contributed by atoms with van der Waals surface area (Å²) in [4.78, 5) is 39.5. The molecule has 4 aromatic rings. The van der Waals surface area contributed by atoms with E-state index in [-0.39, 0.29) is 21.7 Å². The van der Waals surface area contributed by atoms with Gasteiger partial charge in [0.05, 0.1) is 33.2 Å². The number of carbonyl (C=O) groups excluding carboxylic acids is 2. The van der Waals surface area contributed by atoms with Gasteiger partial charge in [-0.1, -0.05) is 124 Å². The number of hydrogen-bond acceptors (Lipinski definition) is 6. The first-order valence-corrected chi connectivity index (χ1v) is 22.6. The van der Waals surface area contributed by atoms with Gasteiger partial charge < -0.3 is 0 Å². The van der Waals surface area contributed by atoms with Crippen molar-refractivity contribution in [2.45, 2.75) is 140 Å². The molecule has 0 unspecified atom stereocenters. The monoisotopic (exact) mass is 754 g/mol. The lowest BCUT2D eigenvalue weighted by molar-refractivity contribution is -0.120. The van der Waals surface area contributed by atoms with Crippen LogP contribution in [0.3, 0.4) is 0 Å². The summed E-state index contributed by atoms with van der Waals surface area (Å²) in [6.45, 7) is 4.48. The first-order chi connectivity index (χ1) is 26.4. The number of rotatable bonds is 4. The molecule has 280 valence electrons. The second-order valence-corrected chi connectivity index (χ2v) is 19.2. The van der Waals surface area contributed by atoms with Crippen molar-refractivity contribution in [3.05, 3.63) is 126 Å². The lowest BCUT2D eigenvalue weighted by Crippen LogP contribution is -2.43. The SMILES string of the molecule is CC[C@@]1(c2ccccc2)C2=C(Cc3ncsc31)CC1(CCCCC1)CC2=O.CC[C@]1(c2ccccc2)C2=C(Cc3ncsc31)CC1(CCCCC1)CC2=O. The topological polar surface area (TPSA) is 59.9 Å². The van der Waals surface area contributed by atoms with Crippen molar-refractivity contribution >= 4 is 34.2 Å². The normalized spacial score (nSPS) is 26.8. The van der Waals surface area contributed by atoms with Crippen LogP contribution in [0.5, 0.6) is 0 Å². The molecule has 2 aromatic heterocycles. The van der Waals surface area contributed by atoms with Gasteiger partial charge in [-0.2, -0.15) is 0 Å². The smallest absolute Gasteiger partial charge is 0.160 e. The predicted molar refractivity (Wildman–Crippen MR) is 220 cm³/mol. The van der Waals surface area contributed by atoms with Gasteiger partial charge in [0.25, 0.3) is 0 Å². The summed E-state index contributed by atoms with van der Waals surface area (Å²) in [5.74, 6) is 0.839. The summed E-state index contributed by atoms with van der Waals surface area (Å²) in [6.07, 6.45) is 20.1. The maximum Gasteiger partial charge on any atom is 0.160 e. The number of ketones is 2. The maximum absolute atomic E-state index is 13.7. The van der Waals surface area contributed by atoms with E-state index in [4.69, 9.17) is 9.97 Å². The number of carbonyl (C=O) groups is 2. The molecule has 2 atom stereocenters. The zero-order chi connectivity index (χ0) is 37.0. The first-order valence-electron chi connectivity index (χ1n) is 20.9. The van der Waals surface area contributed by atoms with Crippen LogP contribution in [0.15, 0.2) is 94.0 Å². The molecule has 0 aliphatic heterocycles. The van der Waals surface area contributed by atoms with Crippen molar-refractivity contribution < 1.29 is 9.59 Å². The Bertz CT molecular complexity index is 1960. The van der Waals surface area contributed by atoms with Gasteiger partial charge in [0.2, 0.25) is 0 Å². The van der Waals surface area contributed by atoms with Crippen LogP contribution in [-0.2, 0) is 33.3 Å². The van der Waals surface area contributed by atoms with Crippen molar-refractivity contribution in [1.29, 1.82) is 0 Å². The highest BCUT2D eigenvalue weighted by Gasteiger charge is 2.53. The largest absolute Gasteiger partial charge is 0.294 e. The Morgan fingerprint density at radius 3 is 1.30 bits per heavy atom. The third-order valence-corrected chi connectivity index (χ3v) is 16.7. The number of fused-ring (bicyclic) bond motifs is 2. The predicted octanol–water partition coefficient (Wildman–Crippen LogP) is 12.0. The molecule has 2 fully saturated rings. The molecule has 0 bridgehead atoms. The van der Waals surface area contributed by atoms with E-state index < -0.39 is 0 Å². The van der Waals surface area contributed by atoms with Crippen LogP contribution in [0, 0.1) is 10.8 Å². The standard InChI is InChI=1S/2C24H27NOS/c2*1-2-24(18-9-5-3-6-10-18)21-17(13-19-22(24)27-16-25-19)14-23(15-20(21)26)11-7-4-8-12-23/h2*3,5-6,9-10,16H,2,4,7-8,11-15H2,1H3/t2*24-/m10/s1. The molecule has 10 rings (SSSR count). The number of hydrogen-bond donors (Lipinski definition) is 0. The van der Waals surface area contributed by atoms with Crippen molar-refractivity contribution in [3.63, 3.8) is 0 Å². The van der Waals surface area contributed by atoms with E-state index in [1.54, 1.807) is 22.7 Å². The van der Waals surface area contributed by atoms with Gasteiger partial charge in [-0.25, -0.2) is 9.97 Å². The molecule has 6 heteroatoms. The van der Waals surface area contributed by atoms with E-state index in [1.807, 2.05) is 11.0 Å². The van der Waals surface area contributed by atoms with Gasteiger partial charge in [0, 0.05) is 46.6 Å². The van der Waals surface area contributed by atoms with E-state index in [2.05, 4.69) is 74.5 Å². The molecular formula is C48H54N2O2S2. The van der Waals surface area contributed by atoms with Crippen molar-refractivity contribution in [2.75, 3.05) is 0 Å². The fourth-order valence-corrected chi connectivity index (χ4v) is 14.6. The Morgan fingerprint density at radius 2 is 0.926 bits per heavy atom. The van der Waals surface area contributed by atoms with Crippen LogP contribution < -0.4 is 0 Å². The third kappa shape index (κ3) is 5.71. The molecule has 6 aliphatic rings. The number of benzene rings is 2. The van der Waals surface area contributed by atoms with Crippen LogP contribution in [0.4, 0.5) is 0 Å². The Kier molecular flexibility index (Phi) is 9.53. The fourth-order valence-electron chi connectivity index (χ4n) is 12.3. The number of nitrogens with zero attached hydrogens (tertiary/aromatic N) is 2. The highest BCUT2D eigenvalue weighted by Crippen LogP contribution is 2.59. The zero-order valence-electron chi connectivity index (χ0n) is 32.2. The number of Topliss-reactive ketones (excluding diaryl/α,β-unsaturated/α-hetero) is 2. The van der Waals surface area contributed by atoms with Crippen LogP contribution in [-0.4, -0.2) is 21.5 Å². The number of allylic oxidation sites excluding steroid dienone is 4. The minimum Gasteiger partial charge on any atom is -0.294 e. The average molecular weight is 755 g/mol. The van der Waals surface area contributed by atoms with E-state index >= 15 is 0 Å². The van der Waals surface area contributed by atoms with Gasteiger partial charge in [-0.15, -0.1) is 22.7 Å². The number of thiazole rings is 2. The highest BCUT2D eigenvalue weighted by molar-refractivity contribution is 7.10. The minimum atomic E-state index is -0.293. The van der Waals surface area contributed by atoms with Crippen LogP contribution in [0.2, 0.25) is 0 Å². The summed E-state index contributed by atoms with van der Waals surface area (Å²) in [5.41, 5.74) is 13.9. The van der Waals surface area contributed by atoms with Crippen LogP contribution in [0.1, 0.15) is 149 Å². The quantitative estimate of drug-likeness (QED) is 0.208. The molecule has 0 radical (unpaired) electrons. The molecule has 0 N–H and O–H groups in total. The molecule has 0 saturated heterocycles. The molecule has 54 heavy (non-hydrogen) atoms. The van der Waals surface area contributed by atoms with Crippen molar-refractivity contribution in [1.82, 2.24) is 9.97 Å². The number of aromatic nitrogens is 2. The van der Waals surface area contributed by atoms with Crippen LogP contribution >= 0.6 is 22.7 Å². The lowest BCUT2D eigenvalue weighted by atomic mass is 9.56. The summed E-state index contributed by atoms with van der Waals surface area (Å²) in [7, 11) is 0. The van der Waals surface area contributed by atoms with E-state index in [0.29, 0.717) is 11.6 Å². The van der Waals surface area contributed by atoms with Gasteiger partial charge >= 0.3 is 0 Å². The zero-order valence-corrected chi connectivity index (χ0v) is 33.8. The van der Waals surface area contributed by atoms with Gasteiger partial charge in [-0.3, -0.25) is 9.59 Å². The molecule has 0 amide bonds. The average Bonchev–Trinajstić information content (AvgIpc) is 3.88. The van der Waals surface area contributed by atoms with E-state index in [0.717, 1.165) is 62.5 Å². The fraction of sp³-hybridized carbons (Fsp3) is 0.500. The Hall–Kier alpha value is -3.48. The molecule has 2 heterocycles. The lowest BCUT2D eigenvalue weighted by Gasteiger charge is -2.48. The second-order valence-electron chi connectivity index (χ2n) is 17.5. The maximum atomic E-state index is 13.7. The summed E-state index contributed by atoms with van der Waals surface area (Å²) in [5, 5.41) is 0. The molecule has 6 aliphatic carbocycles. The van der Waals surface area contributed by atoms with Crippen molar-refractivity contribution in [3.8, 4) is 0 Å². The Balaban J connectivity index is 0.000000142. The van der Waals surface area contributed by atoms with Crippen molar-refractivity contribution in [2.24, 2.45) is 10.8 Å². The molecule has 2 spiro atoms. The highest BCUT2D eigenvalue weighted by atomic mass is 32.1. The summed E-state index contributed by atoms with van der Waals surface area (Å²) in [6, 6.07) is 21.4. The first kappa shape index (κ1) is 36.2. The molecule has 2 aromatic carbocycles. The summed E-state index contributed by atoms with van der Waals surface area (Å²) < 4.78 is 0. The Morgan fingerprint density at radius 1 is 0.537 bits per heavy atom. The third-order valence-electron chi connectivity index (χ3n) is 14.6. The minimum absolute atomic E-state index is 0.234. The molecule has 4 nitrogen and oxygen atoms in total. The van der Waals surface area contributed by atoms with E-state index in [9.17, 15) is 9.59 Å². The van der Waals surface area contributed by atoms with Gasteiger partial charge in [0.15, 0.2) is 11.6 Å². The summed E-state index contributed by atoms with van der Waals surface area (Å²) >= 11 is 3.48. The Labute approximate surface area is 329 Å². The van der Waals surface area contributed by atoms with Crippen LogP contribution in [0.25, 0.3) is 0 Å². The van der Waals surface area contributed by atoms with E-state index in [1.165, 1.54) is 108 Å².